The Morgan fingerprint density at radius 3 is 2.85 bits per heavy atom. The van der Waals surface area contributed by atoms with Crippen molar-refractivity contribution in [2.75, 3.05) is 0 Å². The first-order valence-electron chi connectivity index (χ1n) is 4.25. The third-order valence-corrected chi connectivity index (χ3v) is 1.54. The van der Waals surface area contributed by atoms with Crippen molar-refractivity contribution in [2.45, 2.75) is 19.9 Å². The number of hydrogen-bond acceptors (Lipinski definition) is 2. The van der Waals surface area contributed by atoms with Gasteiger partial charge in [0, 0.05) is 12.3 Å². The average Bonchev–Trinajstić information content (AvgIpc) is 2.15. The molecule has 13 heavy (non-hydrogen) atoms. The van der Waals surface area contributed by atoms with Gasteiger partial charge in [0.15, 0.2) is 0 Å². The molecule has 1 aromatic rings. The Morgan fingerprint density at radius 2 is 2.23 bits per heavy atom. The second kappa shape index (κ2) is 4.42. The number of nitriles is 1. The Labute approximate surface area is 78.5 Å². The van der Waals surface area contributed by atoms with Gasteiger partial charge in [0.25, 0.3) is 0 Å². The molecule has 0 radical (unpaired) electrons. The second-order valence-electron chi connectivity index (χ2n) is 3.11. The SMILES string of the molecule is CC(C)/N=C/c1cccc(C#N)c1. The van der Waals surface area contributed by atoms with Crippen LogP contribution in [0.5, 0.6) is 0 Å². The minimum atomic E-state index is 0.297. The number of nitrogens with zero attached hydrogens (tertiary/aromatic N) is 2. The molecule has 0 fully saturated rings. The number of hydrogen-bond donors (Lipinski definition) is 0. The second-order valence-corrected chi connectivity index (χ2v) is 3.11. The molecule has 1 rings (SSSR count). The Balaban J connectivity index is 2.85. The summed E-state index contributed by atoms with van der Waals surface area (Å²) in [6.07, 6.45) is 1.80. The molecule has 0 aliphatic heterocycles. The fourth-order valence-electron chi connectivity index (χ4n) is 0.924. The number of aliphatic imine (C=N–C) groups is 1. The quantitative estimate of drug-likeness (QED) is 0.631. The Hall–Kier alpha value is -1.62. The van der Waals surface area contributed by atoms with Gasteiger partial charge in [0.1, 0.15) is 0 Å². The average molecular weight is 172 g/mol. The van der Waals surface area contributed by atoms with Crippen LogP contribution in [-0.4, -0.2) is 12.3 Å². The summed E-state index contributed by atoms with van der Waals surface area (Å²) in [5, 5.41) is 8.64. The summed E-state index contributed by atoms with van der Waals surface area (Å²) >= 11 is 0. The number of rotatable bonds is 2. The molecular formula is C11H12N2. The predicted octanol–water partition coefficient (Wildman–Crippen LogP) is 2.39. The van der Waals surface area contributed by atoms with Crippen LogP contribution in [0.2, 0.25) is 0 Å². The predicted molar refractivity (Wildman–Crippen MR) is 53.9 cm³/mol. The maximum Gasteiger partial charge on any atom is 0.0991 e. The van der Waals surface area contributed by atoms with E-state index in [1.807, 2.05) is 32.0 Å². The highest BCUT2D eigenvalue weighted by atomic mass is 14.7. The highest BCUT2D eigenvalue weighted by molar-refractivity contribution is 5.80. The van der Waals surface area contributed by atoms with Crippen LogP contribution in [0.25, 0.3) is 0 Å². The summed E-state index contributed by atoms with van der Waals surface area (Å²) in [5.74, 6) is 0. The van der Waals surface area contributed by atoms with Crippen LogP contribution in [0.1, 0.15) is 25.0 Å². The molecule has 2 heteroatoms. The zero-order valence-corrected chi connectivity index (χ0v) is 7.86. The standard InChI is InChI=1S/C11H12N2/c1-9(2)13-8-11-5-3-4-10(6-11)7-12/h3-6,8-9H,1-2H3/b13-8+. The Kier molecular flexibility index (Phi) is 3.22. The first-order chi connectivity index (χ1) is 6.22. The molecule has 0 heterocycles. The molecule has 0 atom stereocenters. The van der Waals surface area contributed by atoms with Crippen molar-refractivity contribution in [3.8, 4) is 6.07 Å². The van der Waals surface area contributed by atoms with E-state index in [1.165, 1.54) is 0 Å². The third kappa shape index (κ3) is 3.08. The molecule has 0 spiro atoms. The van der Waals surface area contributed by atoms with Crippen LogP contribution in [0.4, 0.5) is 0 Å². The molecule has 0 N–H and O–H groups in total. The van der Waals surface area contributed by atoms with E-state index in [0.717, 1.165) is 5.56 Å². The topological polar surface area (TPSA) is 36.1 Å². The fraction of sp³-hybridized carbons (Fsp3) is 0.273. The van der Waals surface area contributed by atoms with E-state index < -0.39 is 0 Å². The summed E-state index contributed by atoms with van der Waals surface area (Å²) in [5.41, 5.74) is 1.65. The van der Waals surface area contributed by atoms with Crippen molar-refractivity contribution in [3.63, 3.8) is 0 Å². The molecule has 1 aromatic carbocycles. The third-order valence-electron chi connectivity index (χ3n) is 1.54. The minimum Gasteiger partial charge on any atom is -0.290 e. The first kappa shape index (κ1) is 9.47. The van der Waals surface area contributed by atoms with Crippen LogP contribution >= 0.6 is 0 Å². The van der Waals surface area contributed by atoms with E-state index >= 15 is 0 Å². The molecular weight excluding hydrogens is 160 g/mol. The fourth-order valence-corrected chi connectivity index (χ4v) is 0.924. The smallest absolute Gasteiger partial charge is 0.0991 e. The van der Waals surface area contributed by atoms with Gasteiger partial charge in [-0.25, -0.2) is 0 Å². The molecule has 0 amide bonds. The minimum absolute atomic E-state index is 0.297. The Bertz CT molecular complexity index is 345. The van der Waals surface area contributed by atoms with Crippen molar-refractivity contribution in [3.05, 3.63) is 35.4 Å². The summed E-state index contributed by atoms with van der Waals surface area (Å²) in [7, 11) is 0. The van der Waals surface area contributed by atoms with Crippen molar-refractivity contribution in [1.82, 2.24) is 0 Å². The highest BCUT2D eigenvalue weighted by Crippen LogP contribution is 2.01. The van der Waals surface area contributed by atoms with Crippen molar-refractivity contribution in [1.29, 1.82) is 5.26 Å². The molecule has 0 unspecified atom stereocenters. The lowest BCUT2D eigenvalue weighted by atomic mass is 10.1. The lowest BCUT2D eigenvalue weighted by molar-refractivity contribution is 0.841. The van der Waals surface area contributed by atoms with E-state index in [1.54, 1.807) is 12.3 Å². The maximum absolute atomic E-state index is 8.64. The number of benzene rings is 1. The zero-order chi connectivity index (χ0) is 9.68. The lowest BCUT2D eigenvalue weighted by Crippen LogP contribution is -1.90. The van der Waals surface area contributed by atoms with Gasteiger partial charge < -0.3 is 0 Å². The maximum atomic E-state index is 8.64. The van der Waals surface area contributed by atoms with Gasteiger partial charge in [-0.3, -0.25) is 4.99 Å². The van der Waals surface area contributed by atoms with Crippen LogP contribution < -0.4 is 0 Å². The molecule has 0 saturated heterocycles. The van der Waals surface area contributed by atoms with Crippen LogP contribution in [0.3, 0.4) is 0 Å². The summed E-state index contributed by atoms with van der Waals surface area (Å²) in [6, 6.07) is 9.80. The van der Waals surface area contributed by atoms with Crippen LogP contribution in [-0.2, 0) is 0 Å². The largest absolute Gasteiger partial charge is 0.290 e. The van der Waals surface area contributed by atoms with Gasteiger partial charge in [-0.05, 0) is 31.5 Å². The monoisotopic (exact) mass is 172 g/mol. The highest BCUT2D eigenvalue weighted by Gasteiger charge is 1.91. The molecule has 0 aromatic heterocycles. The zero-order valence-electron chi connectivity index (χ0n) is 7.86. The van der Waals surface area contributed by atoms with Crippen molar-refractivity contribution in [2.24, 2.45) is 4.99 Å². The molecule has 0 aliphatic rings. The molecule has 0 saturated carbocycles. The van der Waals surface area contributed by atoms with Gasteiger partial charge >= 0.3 is 0 Å². The van der Waals surface area contributed by atoms with E-state index in [9.17, 15) is 0 Å². The van der Waals surface area contributed by atoms with Gasteiger partial charge in [0.05, 0.1) is 11.6 Å². The molecule has 0 bridgehead atoms. The first-order valence-corrected chi connectivity index (χ1v) is 4.25. The molecule has 2 nitrogen and oxygen atoms in total. The van der Waals surface area contributed by atoms with E-state index in [-0.39, 0.29) is 0 Å². The Morgan fingerprint density at radius 1 is 1.46 bits per heavy atom. The van der Waals surface area contributed by atoms with Gasteiger partial charge in [-0.15, -0.1) is 0 Å². The van der Waals surface area contributed by atoms with Crippen molar-refractivity contribution < 1.29 is 0 Å². The van der Waals surface area contributed by atoms with Crippen molar-refractivity contribution >= 4 is 6.21 Å². The van der Waals surface area contributed by atoms with Crippen LogP contribution in [0, 0.1) is 11.3 Å². The van der Waals surface area contributed by atoms with E-state index in [2.05, 4.69) is 11.1 Å². The molecule has 66 valence electrons. The van der Waals surface area contributed by atoms with E-state index in [0.29, 0.717) is 11.6 Å². The molecule has 0 aliphatic carbocycles. The lowest BCUT2D eigenvalue weighted by Gasteiger charge is -1.95. The van der Waals surface area contributed by atoms with Gasteiger partial charge in [-0.1, -0.05) is 12.1 Å². The van der Waals surface area contributed by atoms with Gasteiger partial charge in [-0.2, -0.15) is 5.26 Å². The van der Waals surface area contributed by atoms with E-state index in [4.69, 9.17) is 5.26 Å². The normalized spacial score (nSPS) is 10.6. The summed E-state index contributed by atoms with van der Waals surface area (Å²) in [4.78, 5) is 4.24. The summed E-state index contributed by atoms with van der Waals surface area (Å²) < 4.78 is 0. The van der Waals surface area contributed by atoms with Crippen LogP contribution in [0.15, 0.2) is 29.3 Å². The summed E-state index contributed by atoms with van der Waals surface area (Å²) in [6.45, 7) is 4.04. The van der Waals surface area contributed by atoms with Gasteiger partial charge in [0.2, 0.25) is 0 Å².